The van der Waals surface area contributed by atoms with Crippen molar-refractivity contribution in [2.45, 2.75) is 23.6 Å². The molecule has 0 saturated heterocycles. The molecule has 0 fully saturated rings. The molecule has 0 atom stereocenters. The fourth-order valence-electron chi connectivity index (χ4n) is 3.45. The maximum atomic E-state index is 13.3. The zero-order valence-corrected chi connectivity index (χ0v) is 20.4. The first-order chi connectivity index (χ1) is 15.5. The highest BCUT2D eigenvalue weighted by Gasteiger charge is 2.32. The van der Waals surface area contributed by atoms with Crippen LogP contribution in [0.15, 0.2) is 82.6 Å². The van der Waals surface area contributed by atoms with Crippen LogP contribution in [0.4, 0.5) is 5.69 Å². The molecule has 3 rings (SSSR count). The quantitative estimate of drug-likeness (QED) is 0.459. The molecule has 33 heavy (non-hydrogen) atoms. The largest absolute Gasteiger partial charge is 0.388 e. The van der Waals surface area contributed by atoms with Crippen molar-refractivity contribution < 1.29 is 21.6 Å². The molecule has 3 aromatic carbocycles. The molecule has 0 aliphatic heterocycles. The summed E-state index contributed by atoms with van der Waals surface area (Å²) in [5.41, 5.74) is 2.83. The molecular formula is C25H27NO5S2. The van der Waals surface area contributed by atoms with Gasteiger partial charge in [0.05, 0.1) is 27.2 Å². The smallest absolute Gasteiger partial charge is 0.179 e. The van der Waals surface area contributed by atoms with Crippen molar-refractivity contribution in [3.63, 3.8) is 0 Å². The third-order valence-corrected chi connectivity index (χ3v) is 9.09. The van der Waals surface area contributed by atoms with Gasteiger partial charge < -0.3 is 5.32 Å². The molecule has 0 saturated carbocycles. The number of Topliss-reactive ketones (excluding diaryl/α,β-unsaturated/α-hetero) is 1. The first-order valence-corrected chi connectivity index (χ1v) is 13.7. The molecule has 0 amide bonds. The van der Waals surface area contributed by atoms with Crippen LogP contribution in [0, 0.1) is 19.8 Å². The normalized spacial score (nSPS) is 12.0. The second-order valence-electron chi connectivity index (χ2n) is 8.08. The summed E-state index contributed by atoms with van der Waals surface area (Å²) in [6.07, 6.45) is 0. The van der Waals surface area contributed by atoms with Gasteiger partial charge >= 0.3 is 0 Å². The SMILES string of the molecule is CNc1ccc(C(=O)C(CS(=O)(=O)c2ccc(C)cc2)CS(=O)(=O)c2ccc(C)cc2)cc1. The number of carbonyl (C=O) groups is 1. The number of hydrogen-bond acceptors (Lipinski definition) is 6. The molecule has 3 aromatic rings. The number of hydrogen-bond donors (Lipinski definition) is 1. The van der Waals surface area contributed by atoms with Crippen molar-refractivity contribution >= 4 is 31.1 Å². The molecule has 0 spiro atoms. The Kier molecular flexibility index (Phi) is 7.39. The van der Waals surface area contributed by atoms with E-state index < -0.39 is 42.9 Å². The second kappa shape index (κ2) is 9.89. The van der Waals surface area contributed by atoms with E-state index in [2.05, 4.69) is 5.32 Å². The van der Waals surface area contributed by atoms with Crippen molar-refractivity contribution in [1.29, 1.82) is 0 Å². The Morgan fingerprint density at radius 2 is 1.09 bits per heavy atom. The summed E-state index contributed by atoms with van der Waals surface area (Å²) in [6.45, 7) is 3.68. The lowest BCUT2D eigenvalue weighted by atomic mass is 10.0. The molecule has 6 nitrogen and oxygen atoms in total. The number of aryl methyl sites for hydroxylation is 2. The van der Waals surface area contributed by atoms with Crippen molar-refractivity contribution in [3.05, 3.63) is 89.5 Å². The van der Waals surface area contributed by atoms with Crippen LogP contribution in [0.2, 0.25) is 0 Å². The summed E-state index contributed by atoms with van der Waals surface area (Å²) < 4.78 is 52.4. The van der Waals surface area contributed by atoms with Gasteiger partial charge in [-0.3, -0.25) is 4.79 Å². The highest BCUT2D eigenvalue weighted by atomic mass is 32.2. The number of sulfone groups is 2. The van der Waals surface area contributed by atoms with Gasteiger partial charge in [0.25, 0.3) is 0 Å². The number of benzene rings is 3. The fourth-order valence-corrected chi connectivity index (χ4v) is 6.68. The molecule has 1 N–H and O–H groups in total. The second-order valence-corrected chi connectivity index (χ2v) is 12.1. The van der Waals surface area contributed by atoms with E-state index in [0.29, 0.717) is 0 Å². The Morgan fingerprint density at radius 3 is 1.45 bits per heavy atom. The number of ketones is 1. The third kappa shape index (κ3) is 6.09. The van der Waals surface area contributed by atoms with Crippen molar-refractivity contribution in [2.75, 3.05) is 23.9 Å². The number of nitrogens with one attached hydrogen (secondary N) is 1. The minimum absolute atomic E-state index is 0.0594. The Labute approximate surface area is 195 Å². The van der Waals surface area contributed by atoms with Gasteiger partial charge in [-0.25, -0.2) is 16.8 Å². The van der Waals surface area contributed by atoms with Crippen molar-refractivity contribution in [2.24, 2.45) is 5.92 Å². The van der Waals surface area contributed by atoms with E-state index in [1.807, 2.05) is 13.8 Å². The van der Waals surface area contributed by atoms with Crippen LogP contribution < -0.4 is 5.32 Å². The summed E-state index contributed by atoms with van der Waals surface area (Å²) in [5, 5.41) is 2.95. The average molecular weight is 486 g/mol. The highest BCUT2D eigenvalue weighted by molar-refractivity contribution is 7.92. The first kappa shape index (κ1) is 24.7. The van der Waals surface area contributed by atoms with Crippen LogP contribution in [0.1, 0.15) is 21.5 Å². The zero-order chi connectivity index (χ0) is 24.2. The predicted molar refractivity (Wildman–Crippen MR) is 130 cm³/mol. The topological polar surface area (TPSA) is 97.4 Å². The van der Waals surface area contributed by atoms with Crippen molar-refractivity contribution in [3.8, 4) is 0 Å². The van der Waals surface area contributed by atoms with E-state index >= 15 is 0 Å². The summed E-state index contributed by atoms with van der Waals surface area (Å²) >= 11 is 0. The predicted octanol–water partition coefficient (Wildman–Crippen LogP) is 4.09. The van der Waals surface area contributed by atoms with Gasteiger partial charge in [-0.1, -0.05) is 35.4 Å². The molecule has 0 radical (unpaired) electrons. The van der Waals surface area contributed by atoms with Crippen LogP contribution in [0.3, 0.4) is 0 Å². The summed E-state index contributed by atoms with van der Waals surface area (Å²) in [7, 11) is -6.06. The third-order valence-electron chi connectivity index (χ3n) is 5.43. The van der Waals surface area contributed by atoms with E-state index in [1.54, 1.807) is 55.6 Å². The van der Waals surface area contributed by atoms with Gasteiger partial charge in [-0.05, 0) is 62.4 Å². The summed E-state index contributed by atoms with van der Waals surface area (Å²) in [5.74, 6) is -2.99. The number of carbonyl (C=O) groups excluding carboxylic acids is 1. The monoisotopic (exact) mass is 485 g/mol. The Hall–Kier alpha value is -2.97. The Morgan fingerprint density at radius 1 is 0.697 bits per heavy atom. The lowest BCUT2D eigenvalue weighted by Crippen LogP contribution is -2.31. The molecule has 0 unspecified atom stereocenters. The molecule has 174 valence electrons. The van der Waals surface area contributed by atoms with Crippen LogP contribution in [0.25, 0.3) is 0 Å². The molecule has 0 bridgehead atoms. The van der Waals surface area contributed by atoms with E-state index in [-0.39, 0.29) is 15.4 Å². The average Bonchev–Trinajstić information content (AvgIpc) is 2.78. The van der Waals surface area contributed by atoms with Gasteiger partial charge in [-0.15, -0.1) is 0 Å². The summed E-state index contributed by atoms with van der Waals surface area (Å²) in [4.78, 5) is 13.4. The van der Waals surface area contributed by atoms with Crippen LogP contribution >= 0.6 is 0 Å². The minimum Gasteiger partial charge on any atom is -0.388 e. The molecule has 0 heterocycles. The zero-order valence-electron chi connectivity index (χ0n) is 18.8. The van der Waals surface area contributed by atoms with Gasteiger partial charge in [-0.2, -0.15) is 0 Å². The number of anilines is 1. The molecular weight excluding hydrogens is 458 g/mol. The van der Waals surface area contributed by atoms with Gasteiger partial charge in [0.1, 0.15) is 0 Å². The Bertz CT molecular complexity index is 1250. The first-order valence-electron chi connectivity index (χ1n) is 10.4. The summed E-state index contributed by atoms with van der Waals surface area (Å²) in [6, 6.07) is 19.1. The molecule has 0 aliphatic carbocycles. The molecule has 0 aliphatic rings. The highest BCUT2D eigenvalue weighted by Crippen LogP contribution is 2.23. The van der Waals surface area contributed by atoms with Gasteiger partial charge in [0.15, 0.2) is 25.5 Å². The van der Waals surface area contributed by atoms with E-state index in [0.717, 1.165) is 16.8 Å². The van der Waals surface area contributed by atoms with E-state index in [9.17, 15) is 21.6 Å². The van der Waals surface area contributed by atoms with Crippen LogP contribution in [0.5, 0.6) is 0 Å². The number of rotatable bonds is 9. The van der Waals surface area contributed by atoms with Gasteiger partial charge in [0.2, 0.25) is 0 Å². The van der Waals surface area contributed by atoms with Crippen LogP contribution in [-0.2, 0) is 19.7 Å². The standard InChI is InChI=1S/C25H27NO5S2/c1-18-4-12-23(13-5-18)32(28,29)16-21(25(27)20-8-10-22(26-3)11-9-20)17-33(30,31)24-14-6-19(2)7-15-24/h4-15,21,26H,16-17H2,1-3H3. The van der Waals surface area contributed by atoms with Crippen molar-refractivity contribution in [1.82, 2.24) is 0 Å². The van der Waals surface area contributed by atoms with E-state index in [1.165, 1.54) is 24.3 Å². The Balaban J connectivity index is 1.98. The fraction of sp³-hybridized carbons (Fsp3) is 0.240. The van der Waals surface area contributed by atoms with Crippen LogP contribution in [-0.4, -0.2) is 41.2 Å². The maximum absolute atomic E-state index is 13.3. The van der Waals surface area contributed by atoms with Gasteiger partial charge in [0, 0.05) is 18.3 Å². The lowest BCUT2D eigenvalue weighted by Gasteiger charge is -2.17. The molecule has 8 heteroatoms. The minimum atomic E-state index is -3.90. The lowest BCUT2D eigenvalue weighted by molar-refractivity contribution is 0.0942. The molecule has 0 aromatic heterocycles. The van der Waals surface area contributed by atoms with E-state index in [4.69, 9.17) is 0 Å². The maximum Gasteiger partial charge on any atom is 0.179 e.